The normalized spacial score (nSPS) is 11.6. The third kappa shape index (κ3) is 4.27. The number of carbonyl (C=O) groups is 1. The lowest BCUT2D eigenvalue weighted by molar-refractivity contribution is -0.115. The van der Waals surface area contributed by atoms with Crippen LogP contribution in [0.2, 0.25) is 0 Å². The number of aromatic nitrogens is 2. The molecule has 0 aliphatic carbocycles. The number of nitriles is 1. The van der Waals surface area contributed by atoms with Crippen LogP contribution in [0.1, 0.15) is 24.0 Å². The minimum Gasteiger partial charge on any atom is -0.325 e. The van der Waals surface area contributed by atoms with Gasteiger partial charge >= 0.3 is 0 Å². The average molecular weight is 330 g/mol. The van der Waals surface area contributed by atoms with Crippen LogP contribution >= 0.6 is 11.8 Å². The number of carbonyl (C=O) groups excluding carboxylic acids is 1. The van der Waals surface area contributed by atoms with Gasteiger partial charge in [0.05, 0.1) is 10.9 Å². The Balaban J connectivity index is 2.14. The Kier molecular flexibility index (Phi) is 5.29. The van der Waals surface area contributed by atoms with E-state index in [9.17, 15) is 14.4 Å². The molecule has 2 rings (SSSR count). The van der Waals surface area contributed by atoms with E-state index in [-0.39, 0.29) is 5.91 Å². The average Bonchev–Trinajstić information content (AvgIpc) is 2.46. The first-order valence-corrected chi connectivity index (χ1v) is 7.77. The maximum absolute atomic E-state index is 13.1. The lowest BCUT2D eigenvalue weighted by atomic mass is 10.3. The van der Waals surface area contributed by atoms with Crippen LogP contribution < -0.4 is 5.32 Å². The zero-order valence-electron chi connectivity index (χ0n) is 12.9. The molecule has 7 heteroatoms. The SMILES string of the molecule is Cc1nc(C)c(C#N)c(SC(C)C(=O)Nc2cccc(F)c2)n1. The maximum atomic E-state index is 13.1. The first kappa shape index (κ1) is 16.9. The van der Waals surface area contributed by atoms with Crippen LogP contribution in [0, 0.1) is 31.0 Å². The molecule has 1 unspecified atom stereocenters. The van der Waals surface area contributed by atoms with Crippen molar-refractivity contribution in [3.8, 4) is 6.07 Å². The molecule has 1 aromatic heterocycles. The van der Waals surface area contributed by atoms with Gasteiger partial charge in [-0.05, 0) is 39.0 Å². The number of thioether (sulfide) groups is 1. The summed E-state index contributed by atoms with van der Waals surface area (Å²) in [7, 11) is 0. The van der Waals surface area contributed by atoms with E-state index in [2.05, 4.69) is 21.4 Å². The smallest absolute Gasteiger partial charge is 0.237 e. The first-order valence-electron chi connectivity index (χ1n) is 6.89. The van der Waals surface area contributed by atoms with Crippen molar-refractivity contribution in [2.45, 2.75) is 31.0 Å². The van der Waals surface area contributed by atoms with Crippen LogP contribution in [0.25, 0.3) is 0 Å². The molecule has 0 saturated carbocycles. The second-order valence-electron chi connectivity index (χ2n) is 4.91. The van der Waals surface area contributed by atoms with E-state index >= 15 is 0 Å². The summed E-state index contributed by atoms with van der Waals surface area (Å²) in [6, 6.07) is 7.75. The topological polar surface area (TPSA) is 78.7 Å². The Morgan fingerprint density at radius 2 is 2.13 bits per heavy atom. The van der Waals surface area contributed by atoms with Gasteiger partial charge in [0, 0.05) is 5.69 Å². The van der Waals surface area contributed by atoms with E-state index in [0.717, 1.165) is 0 Å². The fraction of sp³-hybridized carbons (Fsp3) is 0.250. The highest BCUT2D eigenvalue weighted by Crippen LogP contribution is 2.27. The molecule has 1 amide bonds. The molecule has 0 radical (unpaired) electrons. The van der Waals surface area contributed by atoms with Gasteiger partial charge in [-0.15, -0.1) is 0 Å². The molecule has 0 aliphatic rings. The van der Waals surface area contributed by atoms with Gasteiger partial charge in [-0.2, -0.15) is 5.26 Å². The number of aryl methyl sites for hydroxylation is 2. The Labute approximate surface area is 138 Å². The van der Waals surface area contributed by atoms with Gasteiger partial charge in [0.2, 0.25) is 5.91 Å². The molecule has 0 saturated heterocycles. The molecule has 2 aromatic rings. The van der Waals surface area contributed by atoms with E-state index in [1.807, 2.05) is 0 Å². The molecular weight excluding hydrogens is 315 g/mol. The quantitative estimate of drug-likeness (QED) is 0.688. The molecule has 5 nitrogen and oxygen atoms in total. The minimum atomic E-state index is -0.501. The highest BCUT2D eigenvalue weighted by atomic mass is 32.2. The Morgan fingerprint density at radius 3 is 2.78 bits per heavy atom. The van der Waals surface area contributed by atoms with Crippen molar-refractivity contribution < 1.29 is 9.18 Å². The summed E-state index contributed by atoms with van der Waals surface area (Å²) >= 11 is 1.18. The number of rotatable bonds is 4. The third-order valence-corrected chi connectivity index (χ3v) is 4.12. The van der Waals surface area contributed by atoms with Gasteiger partial charge in [0.1, 0.15) is 28.3 Å². The molecule has 1 atom stereocenters. The van der Waals surface area contributed by atoms with E-state index in [1.165, 1.54) is 30.0 Å². The monoisotopic (exact) mass is 330 g/mol. The fourth-order valence-corrected chi connectivity index (χ4v) is 2.92. The molecule has 118 valence electrons. The zero-order chi connectivity index (χ0) is 17.0. The number of nitrogens with zero attached hydrogens (tertiary/aromatic N) is 3. The molecule has 0 bridgehead atoms. The number of hydrogen-bond acceptors (Lipinski definition) is 5. The van der Waals surface area contributed by atoms with Gasteiger partial charge in [-0.25, -0.2) is 14.4 Å². The molecule has 23 heavy (non-hydrogen) atoms. The fourth-order valence-electron chi connectivity index (χ4n) is 1.93. The summed E-state index contributed by atoms with van der Waals surface area (Å²) in [6.07, 6.45) is 0. The van der Waals surface area contributed by atoms with Crippen LogP contribution in [0.5, 0.6) is 0 Å². The van der Waals surface area contributed by atoms with Crippen molar-refractivity contribution in [2.75, 3.05) is 5.32 Å². The van der Waals surface area contributed by atoms with Gasteiger partial charge in [0.25, 0.3) is 0 Å². The minimum absolute atomic E-state index is 0.293. The Hall–Kier alpha value is -2.46. The molecule has 1 N–H and O–H groups in total. The van der Waals surface area contributed by atoms with Crippen molar-refractivity contribution in [1.29, 1.82) is 5.26 Å². The second kappa shape index (κ2) is 7.20. The molecule has 1 heterocycles. The Bertz CT molecular complexity index is 788. The summed E-state index contributed by atoms with van der Waals surface area (Å²) in [6.45, 7) is 5.16. The highest BCUT2D eigenvalue weighted by Gasteiger charge is 2.19. The van der Waals surface area contributed by atoms with E-state index in [4.69, 9.17) is 0 Å². The summed E-state index contributed by atoms with van der Waals surface area (Å²) in [5.74, 6) is -0.169. The van der Waals surface area contributed by atoms with Crippen molar-refractivity contribution in [1.82, 2.24) is 9.97 Å². The lowest BCUT2D eigenvalue weighted by Gasteiger charge is -2.13. The number of anilines is 1. The van der Waals surface area contributed by atoms with Crippen molar-refractivity contribution >= 4 is 23.4 Å². The number of halogens is 1. The van der Waals surface area contributed by atoms with Crippen molar-refractivity contribution in [3.05, 3.63) is 47.2 Å². The number of benzene rings is 1. The van der Waals surface area contributed by atoms with Gasteiger partial charge in [0.15, 0.2) is 0 Å². The molecule has 1 aromatic carbocycles. The highest BCUT2D eigenvalue weighted by molar-refractivity contribution is 8.00. The summed E-state index contributed by atoms with van der Waals surface area (Å²) in [4.78, 5) is 20.6. The predicted octanol–water partition coefficient (Wildman–Crippen LogP) is 3.22. The summed E-state index contributed by atoms with van der Waals surface area (Å²) in [5.41, 5.74) is 1.34. The molecule has 0 spiro atoms. The van der Waals surface area contributed by atoms with Crippen molar-refractivity contribution in [3.63, 3.8) is 0 Å². The molecule has 0 fully saturated rings. The van der Waals surface area contributed by atoms with Crippen LogP contribution in [-0.2, 0) is 4.79 Å². The summed E-state index contributed by atoms with van der Waals surface area (Å²) < 4.78 is 13.1. The predicted molar refractivity (Wildman–Crippen MR) is 86.6 cm³/mol. The third-order valence-electron chi connectivity index (χ3n) is 3.03. The van der Waals surface area contributed by atoms with E-state index in [0.29, 0.717) is 27.8 Å². The van der Waals surface area contributed by atoms with Gasteiger partial charge in [-0.3, -0.25) is 4.79 Å². The molecule has 0 aliphatic heterocycles. The van der Waals surface area contributed by atoms with Crippen LogP contribution in [-0.4, -0.2) is 21.1 Å². The second-order valence-corrected chi connectivity index (χ2v) is 6.24. The first-order chi connectivity index (χ1) is 10.9. The van der Waals surface area contributed by atoms with Crippen LogP contribution in [0.15, 0.2) is 29.3 Å². The Morgan fingerprint density at radius 1 is 1.39 bits per heavy atom. The maximum Gasteiger partial charge on any atom is 0.237 e. The van der Waals surface area contributed by atoms with Crippen LogP contribution in [0.4, 0.5) is 10.1 Å². The lowest BCUT2D eigenvalue weighted by Crippen LogP contribution is -2.22. The van der Waals surface area contributed by atoms with E-state index in [1.54, 1.807) is 26.8 Å². The number of hydrogen-bond donors (Lipinski definition) is 1. The van der Waals surface area contributed by atoms with Crippen LogP contribution in [0.3, 0.4) is 0 Å². The van der Waals surface area contributed by atoms with Gasteiger partial charge < -0.3 is 5.32 Å². The zero-order valence-corrected chi connectivity index (χ0v) is 13.7. The van der Waals surface area contributed by atoms with Crippen molar-refractivity contribution in [2.24, 2.45) is 0 Å². The number of amides is 1. The summed E-state index contributed by atoms with van der Waals surface area (Å²) in [5, 5.41) is 11.8. The molecular formula is C16H15FN4OS. The number of nitrogens with one attached hydrogen (secondary N) is 1. The van der Waals surface area contributed by atoms with Gasteiger partial charge in [-0.1, -0.05) is 17.8 Å². The van der Waals surface area contributed by atoms with E-state index < -0.39 is 11.1 Å². The largest absolute Gasteiger partial charge is 0.325 e. The standard InChI is InChI=1S/C16H15FN4OS/c1-9-14(8-18)16(20-11(3)19-9)23-10(2)15(22)21-13-6-4-5-12(17)7-13/h4-7,10H,1-3H3,(H,21,22).